The molecular formula is C18H20N2O8S. The SMILES string of the molecule is O=C(NCCOc1ccc2c(c1)OCO2)c1ccc(S(=O)(=O)N2CCOCC2)o1. The van der Waals surface area contributed by atoms with Crippen LogP contribution in [0, 0.1) is 0 Å². The molecule has 2 aliphatic rings. The number of carbonyl (C=O) groups excluding carboxylic acids is 1. The van der Waals surface area contributed by atoms with Crippen LogP contribution in [0.15, 0.2) is 39.8 Å². The maximum Gasteiger partial charge on any atom is 0.287 e. The average molecular weight is 424 g/mol. The van der Waals surface area contributed by atoms with Crippen LogP contribution >= 0.6 is 0 Å². The third kappa shape index (κ3) is 4.31. The number of hydrogen-bond donors (Lipinski definition) is 1. The molecule has 2 aromatic rings. The molecule has 10 nitrogen and oxygen atoms in total. The van der Waals surface area contributed by atoms with Crippen molar-refractivity contribution in [3.05, 3.63) is 36.1 Å². The van der Waals surface area contributed by atoms with Crippen molar-refractivity contribution in [1.29, 1.82) is 0 Å². The largest absolute Gasteiger partial charge is 0.492 e. The van der Waals surface area contributed by atoms with Gasteiger partial charge in [0.2, 0.25) is 11.9 Å². The highest BCUT2D eigenvalue weighted by Gasteiger charge is 2.30. The van der Waals surface area contributed by atoms with Crippen LogP contribution in [-0.4, -0.2) is 64.9 Å². The van der Waals surface area contributed by atoms with Crippen LogP contribution in [0.1, 0.15) is 10.6 Å². The fraction of sp³-hybridized carbons (Fsp3) is 0.389. The van der Waals surface area contributed by atoms with Crippen LogP contribution in [0.5, 0.6) is 17.2 Å². The van der Waals surface area contributed by atoms with Gasteiger partial charge in [-0.25, -0.2) is 8.42 Å². The van der Waals surface area contributed by atoms with Crippen molar-refractivity contribution >= 4 is 15.9 Å². The number of carbonyl (C=O) groups is 1. The lowest BCUT2D eigenvalue weighted by Gasteiger charge is -2.24. The summed E-state index contributed by atoms with van der Waals surface area (Å²) in [6.07, 6.45) is 0. The fourth-order valence-electron chi connectivity index (χ4n) is 2.88. The highest BCUT2D eigenvalue weighted by molar-refractivity contribution is 7.89. The quantitative estimate of drug-likeness (QED) is 0.650. The van der Waals surface area contributed by atoms with Crippen LogP contribution < -0.4 is 19.5 Å². The highest BCUT2D eigenvalue weighted by Crippen LogP contribution is 2.35. The lowest BCUT2D eigenvalue weighted by molar-refractivity contribution is 0.0722. The van der Waals surface area contributed by atoms with Gasteiger partial charge in [-0.2, -0.15) is 4.31 Å². The molecule has 1 saturated heterocycles. The zero-order valence-corrected chi connectivity index (χ0v) is 16.3. The molecule has 156 valence electrons. The standard InChI is InChI=1S/C18H20N2O8S/c21-18(19-5-8-25-13-1-2-14-16(11-13)27-12-26-14)15-3-4-17(28-15)29(22,23)20-6-9-24-10-7-20/h1-4,11H,5-10,12H2,(H,19,21). The molecule has 3 heterocycles. The molecule has 0 aliphatic carbocycles. The number of furan rings is 1. The number of amides is 1. The van der Waals surface area contributed by atoms with Crippen molar-refractivity contribution in [2.24, 2.45) is 0 Å². The number of nitrogens with one attached hydrogen (secondary N) is 1. The van der Waals surface area contributed by atoms with Gasteiger partial charge in [0.15, 0.2) is 17.3 Å². The summed E-state index contributed by atoms with van der Waals surface area (Å²) >= 11 is 0. The van der Waals surface area contributed by atoms with Crippen LogP contribution in [0.3, 0.4) is 0 Å². The van der Waals surface area contributed by atoms with E-state index in [1.165, 1.54) is 16.4 Å². The van der Waals surface area contributed by atoms with E-state index in [0.717, 1.165) is 0 Å². The van der Waals surface area contributed by atoms with Gasteiger partial charge in [0.25, 0.3) is 15.9 Å². The van der Waals surface area contributed by atoms with Gasteiger partial charge in [-0.15, -0.1) is 0 Å². The molecule has 4 rings (SSSR count). The van der Waals surface area contributed by atoms with Crippen molar-refractivity contribution in [1.82, 2.24) is 9.62 Å². The summed E-state index contributed by atoms with van der Waals surface area (Å²) in [5.41, 5.74) is 0. The molecule has 2 aliphatic heterocycles. The Bertz CT molecular complexity index is 981. The van der Waals surface area contributed by atoms with E-state index in [1.54, 1.807) is 18.2 Å². The summed E-state index contributed by atoms with van der Waals surface area (Å²) in [7, 11) is -3.78. The Morgan fingerprint density at radius 1 is 1.10 bits per heavy atom. The van der Waals surface area contributed by atoms with Gasteiger partial charge in [0, 0.05) is 19.2 Å². The summed E-state index contributed by atoms with van der Waals surface area (Å²) in [5, 5.41) is 2.36. The fourth-order valence-corrected chi connectivity index (χ4v) is 4.20. The number of hydrogen-bond acceptors (Lipinski definition) is 8. The smallest absolute Gasteiger partial charge is 0.287 e. The van der Waals surface area contributed by atoms with E-state index in [9.17, 15) is 13.2 Å². The summed E-state index contributed by atoms with van der Waals surface area (Å²) < 4.78 is 52.8. The van der Waals surface area contributed by atoms with E-state index in [1.807, 2.05) is 0 Å². The minimum Gasteiger partial charge on any atom is -0.492 e. The molecule has 1 amide bonds. The number of fused-ring (bicyclic) bond motifs is 1. The van der Waals surface area contributed by atoms with Gasteiger partial charge in [-0.05, 0) is 24.3 Å². The number of morpholine rings is 1. The molecule has 0 radical (unpaired) electrons. The second-order valence-corrected chi connectivity index (χ2v) is 8.12. The second-order valence-electron chi connectivity index (χ2n) is 6.25. The van der Waals surface area contributed by atoms with Gasteiger partial charge in [-0.1, -0.05) is 0 Å². The summed E-state index contributed by atoms with van der Waals surface area (Å²) in [6, 6.07) is 7.81. The first kappa shape index (κ1) is 19.6. The Morgan fingerprint density at radius 2 is 1.90 bits per heavy atom. The van der Waals surface area contributed by atoms with Gasteiger partial charge < -0.3 is 28.7 Å². The van der Waals surface area contributed by atoms with Crippen molar-refractivity contribution < 1.29 is 36.6 Å². The lowest BCUT2D eigenvalue weighted by Crippen LogP contribution is -2.40. The maximum atomic E-state index is 12.5. The molecule has 0 spiro atoms. The van der Waals surface area contributed by atoms with E-state index in [-0.39, 0.29) is 43.9 Å². The Morgan fingerprint density at radius 3 is 2.72 bits per heavy atom. The number of rotatable bonds is 7. The number of nitrogens with zero attached hydrogens (tertiary/aromatic N) is 1. The minimum absolute atomic E-state index is 0.0834. The average Bonchev–Trinajstić information content (AvgIpc) is 3.41. The molecule has 1 N–H and O–H groups in total. The van der Waals surface area contributed by atoms with Gasteiger partial charge in [-0.3, -0.25) is 4.79 Å². The molecule has 0 atom stereocenters. The van der Waals surface area contributed by atoms with Crippen molar-refractivity contribution in [3.8, 4) is 17.2 Å². The van der Waals surface area contributed by atoms with E-state index >= 15 is 0 Å². The van der Waals surface area contributed by atoms with Gasteiger partial charge >= 0.3 is 0 Å². The van der Waals surface area contributed by atoms with E-state index in [2.05, 4.69) is 5.32 Å². The van der Waals surface area contributed by atoms with Gasteiger partial charge in [0.05, 0.1) is 19.8 Å². The first-order valence-corrected chi connectivity index (χ1v) is 10.5. The molecule has 1 fully saturated rings. The monoisotopic (exact) mass is 424 g/mol. The molecule has 29 heavy (non-hydrogen) atoms. The zero-order chi connectivity index (χ0) is 20.3. The van der Waals surface area contributed by atoms with Crippen LogP contribution in [0.4, 0.5) is 0 Å². The zero-order valence-electron chi connectivity index (χ0n) is 15.5. The third-order valence-electron chi connectivity index (χ3n) is 4.37. The summed E-state index contributed by atoms with van der Waals surface area (Å²) in [4.78, 5) is 12.2. The molecule has 0 bridgehead atoms. The minimum atomic E-state index is -3.78. The summed E-state index contributed by atoms with van der Waals surface area (Å²) in [5.74, 6) is 1.24. The van der Waals surface area contributed by atoms with Gasteiger partial charge in [0.1, 0.15) is 12.4 Å². The molecule has 11 heteroatoms. The van der Waals surface area contributed by atoms with E-state index < -0.39 is 15.9 Å². The molecule has 1 aromatic heterocycles. The predicted molar refractivity (Wildman–Crippen MR) is 98.7 cm³/mol. The van der Waals surface area contributed by atoms with Crippen LogP contribution in [0.2, 0.25) is 0 Å². The van der Waals surface area contributed by atoms with E-state index in [4.69, 9.17) is 23.4 Å². The Hall–Kier alpha value is -2.76. The highest BCUT2D eigenvalue weighted by atomic mass is 32.2. The maximum absolute atomic E-state index is 12.5. The Balaban J connectivity index is 1.28. The Kier molecular flexibility index (Phi) is 5.60. The predicted octanol–water partition coefficient (Wildman–Crippen LogP) is 0.838. The van der Waals surface area contributed by atoms with Crippen molar-refractivity contribution in [2.75, 3.05) is 46.2 Å². The topological polar surface area (TPSA) is 117 Å². The van der Waals surface area contributed by atoms with Crippen LogP contribution in [-0.2, 0) is 14.8 Å². The molecule has 1 aromatic carbocycles. The van der Waals surface area contributed by atoms with Crippen LogP contribution in [0.25, 0.3) is 0 Å². The third-order valence-corrected chi connectivity index (χ3v) is 6.14. The normalized spacial score (nSPS) is 16.6. The first-order valence-electron chi connectivity index (χ1n) is 9.02. The van der Waals surface area contributed by atoms with Crippen molar-refractivity contribution in [3.63, 3.8) is 0 Å². The molecular weight excluding hydrogens is 404 g/mol. The number of benzene rings is 1. The molecule has 0 unspecified atom stereocenters. The second kappa shape index (κ2) is 8.31. The lowest BCUT2D eigenvalue weighted by atomic mass is 10.3. The van der Waals surface area contributed by atoms with E-state index in [0.29, 0.717) is 30.5 Å². The van der Waals surface area contributed by atoms with Crippen molar-refractivity contribution in [2.45, 2.75) is 5.09 Å². The molecule has 0 saturated carbocycles. The Labute approximate surface area is 167 Å². The number of sulfonamides is 1. The summed E-state index contributed by atoms with van der Waals surface area (Å²) in [6.45, 7) is 1.77. The first-order chi connectivity index (χ1) is 14.0. The number of ether oxygens (including phenoxy) is 4.